The Bertz CT molecular complexity index is 1650. The maximum atomic E-state index is 14.2. The molecule has 1 saturated heterocycles. The molecule has 0 saturated carbocycles. The fourth-order valence-electron chi connectivity index (χ4n) is 5.83. The molecular weight excluding hydrogens is 562 g/mol. The number of ether oxygens (including phenoxy) is 1. The van der Waals surface area contributed by atoms with Crippen molar-refractivity contribution in [1.82, 2.24) is 24.4 Å². The molecule has 0 unspecified atom stereocenters. The fraction of sp³-hybridized carbons (Fsp3) is 0.417. The summed E-state index contributed by atoms with van der Waals surface area (Å²) in [5.74, 6) is 1.29. The molecule has 9 heteroatoms. The molecule has 0 bridgehead atoms. The van der Waals surface area contributed by atoms with E-state index in [9.17, 15) is 4.79 Å². The van der Waals surface area contributed by atoms with E-state index in [0.29, 0.717) is 16.7 Å². The highest BCUT2D eigenvalue weighted by molar-refractivity contribution is 5.84. The smallest absolute Gasteiger partial charge is 0.282 e. The van der Waals surface area contributed by atoms with Crippen molar-refractivity contribution in [3.63, 3.8) is 0 Å². The van der Waals surface area contributed by atoms with Gasteiger partial charge in [0, 0.05) is 50.5 Å². The van der Waals surface area contributed by atoms with Crippen LogP contribution in [-0.4, -0.2) is 104 Å². The van der Waals surface area contributed by atoms with Gasteiger partial charge in [0.25, 0.3) is 5.56 Å². The molecule has 1 fully saturated rings. The minimum absolute atomic E-state index is 0.185. The number of rotatable bonds is 12. The normalized spacial score (nSPS) is 14.6. The summed E-state index contributed by atoms with van der Waals surface area (Å²) in [6.45, 7) is 13.3. The van der Waals surface area contributed by atoms with Gasteiger partial charge in [0.15, 0.2) is 5.82 Å². The zero-order valence-electron chi connectivity index (χ0n) is 27.4. The number of benzene rings is 3. The van der Waals surface area contributed by atoms with Crippen LogP contribution in [0.3, 0.4) is 0 Å². The summed E-state index contributed by atoms with van der Waals surface area (Å²) in [5, 5.41) is 5.29. The Hall–Kier alpha value is -4.05. The molecule has 0 N–H and O–H groups in total. The second kappa shape index (κ2) is 15.3. The third-order valence-corrected chi connectivity index (χ3v) is 8.68. The molecule has 1 aliphatic rings. The first-order valence-corrected chi connectivity index (χ1v) is 16.1. The van der Waals surface area contributed by atoms with Crippen molar-refractivity contribution >= 4 is 22.8 Å². The standard InChI is InChI=1S/C36H47N7O2/c1-6-41(7-2)22-20-40(4)27-29-10-8-11-30(24-29)35-38-34-17-14-31(42-19-9-18-39(3)21-23-42)25-33(34)36(44)43(35)37-26-28-12-15-32(45-5)16-13-28/h8,10-17,24-26H,6-7,9,18-23,27H2,1-5H3. The number of anilines is 1. The summed E-state index contributed by atoms with van der Waals surface area (Å²) < 4.78 is 6.76. The average molecular weight is 610 g/mol. The van der Waals surface area contributed by atoms with Crippen LogP contribution in [0.2, 0.25) is 0 Å². The van der Waals surface area contributed by atoms with E-state index in [-0.39, 0.29) is 5.56 Å². The van der Waals surface area contributed by atoms with Gasteiger partial charge in [0.2, 0.25) is 0 Å². The third-order valence-electron chi connectivity index (χ3n) is 8.68. The van der Waals surface area contributed by atoms with E-state index in [0.717, 1.165) is 93.5 Å². The van der Waals surface area contributed by atoms with Gasteiger partial charge in [-0.1, -0.05) is 32.0 Å². The van der Waals surface area contributed by atoms with E-state index in [4.69, 9.17) is 14.8 Å². The first-order chi connectivity index (χ1) is 21.9. The monoisotopic (exact) mass is 609 g/mol. The molecule has 9 nitrogen and oxygen atoms in total. The third kappa shape index (κ3) is 8.16. The van der Waals surface area contributed by atoms with Crippen molar-refractivity contribution in [2.24, 2.45) is 5.10 Å². The second-order valence-corrected chi connectivity index (χ2v) is 11.9. The molecule has 1 aromatic heterocycles. The van der Waals surface area contributed by atoms with Crippen LogP contribution in [0.5, 0.6) is 5.75 Å². The number of nitrogens with zero attached hydrogens (tertiary/aromatic N) is 7. The molecule has 2 heterocycles. The molecule has 0 atom stereocenters. The Morgan fingerprint density at radius 1 is 0.956 bits per heavy atom. The van der Waals surface area contributed by atoms with Crippen molar-refractivity contribution in [3.05, 3.63) is 88.2 Å². The van der Waals surface area contributed by atoms with Gasteiger partial charge in [-0.2, -0.15) is 9.78 Å². The molecule has 4 aromatic rings. The van der Waals surface area contributed by atoms with Gasteiger partial charge in [-0.15, -0.1) is 0 Å². The lowest BCUT2D eigenvalue weighted by atomic mass is 10.1. The van der Waals surface area contributed by atoms with Crippen molar-refractivity contribution in [3.8, 4) is 17.1 Å². The van der Waals surface area contributed by atoms with E-state index in [2.05, 4.69) is 65.7 Å². The van der Waals surface area contributed by atoms with Gasteiger partial charge >= 0.3 is 0 Å². The van der Waals surface area contributed by atoms with Crippen LogP contribution in [0.4, 0.5) is 5.69 Å². The minimum atomic E-state index is -0.185. The molecule has 45 heavy (non-hydrogen) atoms. The fourth-order valence-corrected chi connectivity index (χ4v) is 5.83. The Labute approximate surface area is 267 Å². The lowest BCUT2D eigenvalue weighted by molar-refractivity contribution is 0.236. The van der Waals surface area contributed by atoms with Gasteiger partial charge in [-0.25, -0.2) is 4.98 Å². The molecule has 0 aliphatic carbocycles. The summed E-state index contributed by atoms with van der Waals surface area (Å²) in [4.78, 5) is 28.7. The quantitative estimate of drug-likeness (QED) is 0.212. The average Bonchev–Trinajstić information content (AvgIpc) is 3.29. The van der Waals surface area contributed by atoms with Crippen LogP contribution in [0.15, 0.2) is 76.6 Å². The molecule has 5 rings (SSSR count). The summed E-state index contributed by atoms with van der Waals surface area (Å²) in [6.07, 6.45) is 2.79. The van der Waals surface area contributed by atoms with Gasteiger partial charge in [0.1, 0.15) is 5.75 Å². The predicted molar refractivity (Wildman–Crippen MR) is 186 cm³/mol. The first kappa shape index (κ1) is 32.3. The number of methoxy groups -OCH3 is 1. The van der Waals surface area contributed by atoms with Crippen molar-refractivity contribution < 1.29 is 4.74 Å². The van der Waals surface area contributed by atoms with Crippen LogP contribution in [0.1, 0.15) is 31.4 Å². The predicted octanol–water partition coefficient (Wildman–Crippen LogP) is 4.87. The van der Waals surface area contributed by atoms with E-state index in [1.54, 1.807) is 13.3 Å². The molecule has 0 spiro atoms. The lowest BCUT2D eigenvalue weighted by Crippen LogP contribution is -2.32. The molecule has 0 amide bonds. The number of hydrogen-bond acceptors (Lipinski definition) is 8. The maximum Gasteiger partial charge on any atom is 0.282 e. The van der Waals surface area contributed by atoms with Crippen LogP contribution in [0.25, 0.3) is 22.3 Å². The van der Waals surface area contributed by atoms with Gasteiger partial charge in [0.05, 0.1) is 24.2 Å². The molecular formula is C36H47N7O2. The number of likely N-dealkylation sites (N-methyl/N-ethyl adjacent to an activating group) is 3. The highest BCUT2D eigenvalue weighted by Gasteiger charge is 2.17. The molecule has 0 radical (unpaired) electrons. The Morgan fingerprint density at radius 3 is 2.51 bits per heavy atom. The SMILES string of the molecule is CCN(CC)CCN(C)Cc1cccc(-c2nc3ccc(N4CCCN(C)CC4)cc3c(=O)n2N=Cc2ccc(OC)cc2)c1. The van der Waals surface area contributed by atoms with Crippen LogP contribution in [-0.2, 0) is 6.54 Å². The number of hydrogen-bond donors (Lipinski definition) is 0. The van der Waals surface area contributed by atoms with Crippen LogP contribution >= 0.6 is 0 Å². The van der Waals surface area contributed by atoms with Gasteiger partial charge < -0.3 is 24.3 Å². The zero-order valence-corrected chi connectivity index (χ0v) is 27.4. The Morgan fingerprint density at radius 2 is 1.76 bits per heavy atom. The van der Waals surface area contributed by atoms with Crippen LogP contribution < -0.4 is 15.2 Å². The summed E-state index contributed by atoms with van der Waals surface area (Å²) >= 11 is 0. The van der Waals surface area contributed by atoms with E-state index in [1.165, 1.54) is 4.68 Å². The second-order valence-electron chi connectivity index (χ2n) is 11.9. The van der Waals surface area contributed by atoms with Crippen molar-refractivity contribution in [1.29, 1.82) is 0 Å². The first-order valence-electron chi connectivity index (χ1n) is 16.1. The van der Waals surface area contributed by atoms with Crippen molar-refractivity contribution in [2.75, 3.05) is 78.5 Å². The largest absolute Gasteiger partial charge is 0.497 e. The highest BCUT2D eigenvalue weighted by atomic mass is 16.5. The van der Waals surface area contributed by atoms with Crippen molar-refractivity contribution in [2.45, 2.75) is 26.8 Å². The van der Waals surface area contributed by atoms with E-state index < -0.39 is 0 Å². The van der Waals surface area contributed by atoms with E-state index >= 15 is 0 Å². The van der Waals surface area contributed by atoms with Crippen LogP contribution in [0, 0.1) is 0 Å². The lowest BCUT2D eigenvalue weighted by Gasteiger charge is -2.23. The Balaban J connectivity index is 1.52. The topological polar surface area (TPSA) is 69.4 Å². The number of aromatic nitrogens is 2. The highest BCUT2D eigenvalue weighted by Crippen LogP contribution is 2.25. The van der Waals surface area contributed by atoms with Gasteiger partial charge in [-0.3, -0.25) is 4.79 Å². The molecule has 3 aromatic carbocycles. The summed E-state index contributed by atoms with van der Waals surface area (Å²) in [7, 11) is 5.96. The van der Waals surface area contributed by atoms with E-state index in [1.807, 2.05) is 48.5 Å². The zero-order chi connectivity index (χ0) is 31.8. The Kier molecular flexibility index (Phi) is 11.0. The minimum Gasteiger partial charge on any atom is -0.497 e. The summed E-state index contributed by atoms with van der Waals surface area (Å²) in [5.41, 5.74) is 4.41. The maximum absolute atomic E-state index is 14.2. The number of fused-ring (bicyclic) bond motifs is 1. The van der Waals surface area contributed by atoms with Gasteiger partial charge in [-0.05, 0) is 99.8 Å². The molecule has 238 valence electrons. The molecule has 1 aliphatic heterocycles. The summed E-state index contributed by atoms with van der Waals surface area (Å²) in [6, 6.07) is 22.0.